The third-order valence-electron chi connectivity index (χ3n) is 3.94. The van der Waals surface area contributed by atoms with E-state index in [0.29, 0.717) is 28.7 Å². The van der Waals surface area contributed by atoms with Gasteiger partial charge in [0.15, 0.2) is 11.5 Å². The standard InChI is InChI=1S/C20H20ClN3O4/c1-13(8-14-4-3-7-22-11-14)23-20(25)18-10-16(28-24-18)12-27-19-6-5-15(26-2)9-17(19)21/h3-7,9-11,13H,8,12H2,1-2H3,(H,23,25)/t13-/m1/s1. The molecule has 28 heavy (non-hydrogen) atoms. The van der Waals surface area contributed by atoms with Crippen molar-refractivity contribution in [3.05, 3.63) is 70.8 Å². The molecule has 0 bridgehead atoms. The highest BCUT2D eigenvalue weighted by molar-refractivity contribution is 6.32. The molecule has 0 radical (unpaired) electrons. The first kappa shape index (κ1) is 19.7. The van der Waals surface area contributed by atoms with E-state index in [1.807, 2.05) is 19.1 Å². The van der Waals surface area contributed by atoms with Crippen LogP contribution in [0.4, 0.5) is 0 Å². The van der Waals surface area contributed by atoms with Gasteiger partial charge >= 0.3 is 0 Å². The molecule has 0 aliphatic heterocycles. The van der Waals surface area contributed by atoms with E-state index >= 15 is 0 Å². The Balaban J connectivity index is 1.53. The van der Waals surface area contributed by atoms with Crippen LogP contribution in [0.5, 0.6) is 11.5 Å². The fraction of sp³-hybridized carbons (Fsp3) is 0.250. The summed E-state index contributed by atoms with van der Waals surface area (Å²) >= 11 is 6.13. The summed E-state index contributed by atoms with van der Waals surface area (Å²) in [5.74, 6) is 1.22. The highest BCUT2D eigenvalue weighted by Crippen LogP contribution is 2.29. The molecule has 3 rings (SSSR count). The summed E-state index contributed by atoms with van der Waals surface area (Å²) in [6.07, 6.45) is 4.16. The largest absolute Gasteiger partial charge is 0.497 e. The number of ether oxygens (including phenoxy) is 2. The lowest BCUT2D eigenvalue weighted by Crippen LogP contribution is -2.34. The summed E-state index contributed by atoms with van der Waals surface area (Å²) in [6.45, 7) is 2.01. The molecule has 0 unspecified atom stereocenters. The number of carbonyl (C=O) groups is 1. The molecule has 2 heterocycles. The van der Waals surface area contributed by atoms with Crippen molar-refractivity contribution in [1.29, 1.82) is 0 Å². The van der Waals surface area contributed by atoms with Crippen molar-refractivity contribution in [2.24, 2.45) is 0 Å². The number of pyridine rings is 1. The van der Waals surface area contributed by atoms with Crippen LogP contribution in [-0.2, 0) is 13.0 Å². The monoisotopic (exact) mass is 401 g/mol. The Labute approximate surface area is 167 Å². The van der Waals surface area contributed by atoms with Crippen molar-refractivity contribution in [2.45, 2.75) is 26.0 Å². The number of halogens is 1. The fourth-order valence-corrected chi connectivity index (χ4v) is 2.81. The topological polar surface area (TPSA) is 86.5 Å². The van der Waals surface area contributed by atoms with Gasteiger partial charge in [0.25, 0.3) is 5.91 Å². The molecule has 2 aromatic heterocycles. The number of nitrogens with zero attached hydrogens (tertiary/aromatic N) is 2. The van der Waals surface area contributed by atoms with Gasteiger partial charge in [-0.05, 0) is 37.1 Å². The Morgan fingerprint density at radius 2 is 2.18 bits per heavy atom. The second-order valence-corrected chi connectivity index (χ2v) is 6.61. The van der Waals surface area contributed by atoms with E-state index in [0.717, 1.165) is 5.56 Å². The normalized spacial score (nSPS) is 11.7. The first-order valence-corrected chi connectivity index (χ1v) is 9.04. The molecule has 3 aromatic rings. The number of aromatic nitrogens is 2. The van der Waals surface area contributed by atoms with Crippen LogP contribution >= 0.6 is 11.6 Å². The van der Waals surface area contributed by atoms with Crippen molar-refractivity contribution >= 4 is 17.5 Å². The lowest BCUT2D eigenvalue weighted by Gasteiger charge is -2.12. The Kier molecular flexibility index (Phi) is 6.49. The van der Waals surface area contributed by atoms with Crippen LogP contribution in [0.15, 0.2) is 53.3 Å². The molecule has 7 nitrogen and oxygen atoms in total. The molecule has 8 heteroatoms. The molecule has 0 fully saturated rings. The minimum atomic E-state index is -0.311. The Bertz CT molecular complexity index is 930. The second kappa shape index (κ2) is 9.23. The van der Waals surface area contributed by atoms with E-state index in [4.69, 9.17) is 25.6 Å². The Morgan fingerprint density at radius 1 is 1.32 bits per heavy atom. The molecule has 1 amide bonds. The minimum Gasteiger partial charge on any atom is -0.497 e. The summed E-state index contributed by atoms with van der Waals surface area (Å²) in [5.41, 5.74) is 1.23. The quantitative estimate of drug-likeness (QED) is 0.619. The number of hydrogen-bond donors (Lipinski definition) is 1. The van der Waals surface area contributed by atoms with E-state index in [2.05, 4.69) is 15.5 Å². The van der Waals surface area contributed by atoms with Crippen molar-refractivity contribution < 1.29 is 18.8 Å². The molecule has 0 spiro atoms. The molecule has 1 atom stereocenters. The zero-order chi connectivity index (χ0) is 19.9. The van der Waals surface area contributed by atoms with Gasteiger partial charge in [0.05, 0.1) is 12.1 Å². The summed E-state index contributed by atoms with van der Waals surface area (Å²) in [5, 5.41) is 7.11. The summed E-state index contributed by atoms with van der Waals surface area (Å²) < 4.78 is 15.9. The zero-order valence-electron chi connectivity index (χ0n) is 15.5. The summed E-state index contributed by atoms with van der Waals surface area (Å²) in [6, 6.07) is 10.4. The number of carbonyl (C=O) groups excluding carboxylic acids is 1. The average Bonchev–Trinajstić information content (AvgIpc) is 3.17. The maximum absolute atomic E-state index is 12.3. The van der Waals surface area contributed by atoms with Gasteiger partial charge in [-0.2, -0.15) is 0 Å². The molecular formula is C20H20ClN3O4. The maximum atomic E-state index is 12.3. The number of benzene rings is 1. The van der Waals surface area contributed by atoms with Crippen LogP contribution in [0, 0.1) is 0 Å². The number of rotatable bonds is 8. The van der Waals surface area contributed by atoms with Crippen molar-refractivity contribution in [3.8, 4) is 11.5 Å². The van der Waals surface area contributed by atoms with Gasteiger partial charge in [0, 0.05) is 30.6 Å². The lowest BCUT2D eigenvalue weighted by molar-refractivity contribution is 0.0930. The van der Waals surface area contributed by atoms with E-state index in [-0.39, 0.29) is 24.2 Å². The van der Waals surface area contributed by atoms with Gasteiger partial charge < -0.3 is 19.3 Å². The van der Waals surface area contributed by atoms with Gasteiger partial charge in [-0.3, -0.25) is 9.78 Å². The smallest absolute Gasteiger partial charge is 0.273 e. The second-order valence-electron chi connectivity index (χ2n) is 6.20. The molecule has 1 aromatic carbocycles. The number of methoxy groups -OCH3 is 1. The first-order valence-electron chi connectivity index (χ1n) is 8.67. The van der Waals surface area contributed by atoms with Crippen LogP contribution in [0.25, 0.3) is 0 Å². The van der Waals surface area contributed by atoms with Crippen LogP contribution in [0.3, 0.4) is 0 Å². The maximum Gasteiger partial charge on any atom is 0.273 e. The molecule has 0 aliphatic rings. The van der Waals surface area contributed by atoms with E-state index in [9.17, 15) is 4.79 Å². The van der Waals surface area contributed by atoms with E-state index in [1.165, 1.54) is 0 Å². The fourth-order valence-electron chi connectivity index (χ4n) is 2.58. The van der Waals surface area contributed by atoms with Crippen molar-refractivity contribution in [3.63, 3.8) is 0 Å². The summed E-state index contributed by atoms with van der Waals surface area (Å²) in [4.78, 5) is 16.4. The average molecular weight is 402 g/mol. The highest BCUT2D eigenvalue weighted by atomic mass is 35.5. The molecule has 0 aliphatic carbocycles. The molecule has 0 saturated carbocycles. The highest BCUT2D eigenvalue weighted by Gasteiger charge is 2.16. The van der Waals surface area contributed by atoms with Gasteiger partial charge in [-0.15, -0.1) is 0 Å². The minimum absolute atomic E-state index is 0.0776. The van der Waals surface area contributed by atoms with Crippen molar-refractivity contribution in [2.75, 3.05) is 7.11 Å². The lowest BCUT2D eigenvalue weighted by atomic mass is 10.1. The Hall–Kier alpha value is -3.06. The number of amides is 1. The third kappa shape index (κ3) is 5.23. The van der Waals surface area contributed by atoms with Crippen LogP contribution in [0.2, 0.25) is 5.02 Å². The van der Waals surface area contributed by atoms with E-state index in [1.54, 1.807) is 43.8 Å². The molecule has 1 N–H and O–H groups in total. The van der Waals surface area contributed by atoms with Crippen LogP contribution in [0.1, 0.15) is 28.7 Å². The van der Waals surface area contributed by atoms with Crippen molar-refractivity contribution in [1.82, 2.24) is 15.5 Å². The predicted molar refractivity (Wildman–Crippen MR) is 104 cm³/mol. The predicted octanol–water partition coefficient (Wildman–Crippen LogP) is 3.67. The van der Waals surface area contributed by atoms with Gasteiger partial charge in [0.2, 0.25) is 0 Å². The van der Waals surface area contributed by atoms with E-state index < -0.39 is 0 Å². The van der Waals surface area contributed by atoms with Gasteiger partial charge in [-0.25, -0.2) is 0 Å². The van der Waals surface area contributed by atoms with Crippen LogP contribution in [-0.4, -0.2) is 29.2 Å². The molecular weight excluding hydrogens is 382 g/mol. The Morgan fingerprint density at radius 3 is 2.89 bits per heavy atom. The molecule has 0 saturated heterocycles. The molecule has 146 valence electrons. The summed E-state index contributed by atoms with van der Waals surface area (Å²) in [7, 11) is 1.56. The SMILES string of the molecule is COc1ccc(OCc2cc(C(=O)N[C@H](C)Cc3cccnc3)no2)c(Cl)c1. The van der Waals surface area contributed by atoms with Crippen LogP contribution < -0.4 is 14.8 Å². The van der Waals surface area contributed by atoms with Gasteiger partial charge in [-0.1, -0.05) is 22.8 Å². The third-order valence-corrected chi connectivity index (χ3v) is 4.24. The first-order chi connectivity index (χ1) is 13.5. The number of nitrogens with one attached hydrogen (secondary N) is 1. The van der Waals surface area contributed by atoms with Gasteiger partial charge in [0.1, 0.15) is 18.1 Å². The number of hydrogen-bond acceptors (Lipinski definition) is 6. The zero-order valence-corrected chi connectivity index (χ0v) is 16.3.